The lowest BCUT2D eigenvalue weighted by atomic mass is 10.2. The SMILES string of the molecule is COc1cccc(C(=O)NCCNC(=O)c2ccccc2)c1. The monoisotopic (exact) mass is 298 g/mol. The van der Waals surface area contributed by atoms with Crippen molar-refractivity contribution in [2.45, 2.75) is 0 Å². The van der Waals surface area contributed by atoms with E-state index in [1.165, 1.54) is 0 Å². The summed E-state index contributed by atoms with van der Waals surface area (Å²) in [5.74, 6) is 0.272. The van der Waals surface area contributed by atoms with Gasteiger partial charge in [0.25, 0.3) is 11.8 Å². The number of amides is 2. The van der Waals surface area contributed by atoms with Crippen LogP contribution < -0.4 is 15.4 Å². The van der Waals surface area contributed by atoms with Crippen LogP contribution in [0.3, 0.4) is 0 Å². The normalized spacial score (nSPS) is 9.86. The molecule has 22 heavy (non-hydrogen) atoms. The van der Waals surface area contributed by atoms with Gasteiger partial charge >= 0.3 is 0 Å². The number of ether oxygens (including phenoxy) is 1. The molecular weight excluding hydrogens is 280 g/mol. The molecule has 0 bridgehead atoms. The van der Waals surface area contributed by atoms with Gasteiger partial charge in [-0.3, -0.25) is 9.59 Å². The van der Waals surface area contributed by atoms with E-state index >= 15 is 0 Å². The third-order valence-corrected chi connectivity index (χ3v) is 3.06. The smallest absolute Gasteiger partial charge is 0.251 e. The minimum atomic E-state index is -0.201. The number of nitrogens with one attached hydrogen (secondary N) is 2. The summed E-state index contributed by atoms with van der Waals surface area (Å²) in [4.78, 5) is 23.8. The average molecular weight is 298 g/mol. The van der Waals surface area contributed by atoms with Gasteiger partial charge in [-0.25, -0.2) is 0 Å². The molecule has 0 fully saturated rings. The Hall–Kier alpha value is -2.82. The zero-order valence-electron chi connectivity index (χ0n) is 12.3. The van der Waals surface area contributed by atoms with Crippen molar-refractivity contribution >= 4 is 11.8 Å². The number of methoxy groups -OCH3 is 1. The second kappa shape index (κ2) is 7.83. The lowest BCUT2D eigenvalue weighted by molar-refractivity contribution is 0.0927. The molecule has 0 spiro atoms. The zero-order chi connectivity index (χ0) is 15.8. The molecule has 0 aliphatic rings. The van der Waals surface area contributed by atoms with Crippen molar-refractivity contribution in [1.29, 1.82) is 0 Å². The predicted molar refractivity (Wildman–Crippen MR) is 84.1 cm³/mol. The van der Waals surface area contributed by atoms with Gasteiger partial charge < -0.3 is 15.4 Å². The van der Waals surface area contributed by atoms with Crippen molar-refractivity contribution in [3.05, 3.63) is 65.7 Å². The number of carbonyl (C=O) groups excluding carboxylic acids is 2. The summed E-state index contributed by atoms with van der Waals surface area (Å²) in [6.45, 7) is 0.720. The Balaban J connectivity index is 1.76. The van der Waals surface area contributed by atoms with Gasteiger partial charge in [-0.15, -0.1) is 0 Å². The maximum Gasteiger partial charge on any atom is 0.251 e. The summed E-state index contributed by atoms with van der Waals surface area (Å²) in [5.41, 5.74) is 1.12. The highest BCUT2D eigenvalue weighted by Crippen LogP contribution is 2.12. The van der Waals surface area contributed by atoms with Gasteiger partial charge in [-0.05, 0) is 30.3 Å². The molecule has 0 aliphatic heterocycles. The predicted octanol–water partition coefficient (Wildman–Crippen LogP) is 1.85. The maximum atomic E-state index is 11.9. The van der Waals surface area contributed by atoms with Crippen LogP contribution >= 0.6 is 0 Å². The zero-order valence-corrected chi connectivity index (χ0v) is 12.3. The first-order valence-corrected chi connectivity index (χ1v) is 6.96. The number of hydrogen-bond acceptors (Lipinski definition) is 3. The highest BCUT2D eigenvalue weighted by atomic mass is 16.5. The van der Waals surface area contributed by atoms with Crippen LogP contribution in [0.1, 0.15) is 20.7 Å². The molecule has 2 rings (SSSR count). The lowest BCUT2D eigenvalue weighted by Crippen LogP contribution is -2.34. The molecule has 2 aromatic rings. The quantitative estimate of drug-likeness (QED) is 0.800. The molecule has 2 aromatic carbocycles. The molecule has 5 nitrogen and oxygen atoms in total. The Morgan fingerprint density at radius 2 is 1.45 bits per heavy atom. The van der Waals surface area contributed by atoms with Crippen LogP contribution in [0.25, 0.3) is 0 Å². The molecule has 0 heterocycles. The van der Waals surface area contributed by atoms with E-state index in [0.29, 0.717) is 30.0 Å². The molecule has 2 amide bonds. The minimum Gasteiger partial charge on any atom is -0.497 e. The van der Waals surface area contributed by atoms with Crippen LogP contribution in [-0.2, 0) is 0 Å². The van der Waals surface area contributed by atoms with E-state index in [1.807, 2.05) is 6.07 Å². The average Bonchev–Trinajstić information content (AvgIpc) is 2.59. The molecule has 5 heteroatoms. The van der Waals surface area contributed by atoms with E-state index in [0.717, 1.165) is 0 Å². The Kier molecular flexibility index (Phi) is 5.54. The summed E-state index contributed by atoms with van der Waals surface area (Å²) in [5, 5.41) is 5.50. The van der Waals surface area contributed by atoms with Gasteiger partial charge in [-0.1, -0.05) is 24.3 Å². The van der Waals surface area contributed by atoms with Crippen LogP contribution in [0, 0.1) is 0 Å². The third kappa shape index (κ3) is 4.34. The largest absolute Gasteiger partial charge is 0.497 e. The first kappa shape index (κ1) is 15.6. The van der Waals surface area contributed by atoms with Crippen molar-refractivity contribution in [3.63, 3.8) is 0 Å². The van der Waals surface area contributed by atoms with Crippen LogP contribution in [0.15, 0.2) is 54.6 Å². The van der Waals surface area contributed by atoms with Crippen molar-refractivity contribution in [1.82, 2.24) is 10.6 Å². The fraction of sp³-hybridized carbons (Fsp3) is 0.176. The summed E-state index contributed by atoms with van der Waals surface area (Å²) in [7, 11) is 1.55. The topological polar surface area (TPSA) is 67.4 Å². The van der Waals surface area contributed by atoms with E-state index in [9.17, 15) is 9.59 Å². The lowest BCUT2D eigenvalue weighted by Gasteiger charge is -2.08. The van der Waals surface area contributed by atoms with Gasteiger partial charge in [0.15, 0.2) is 0 Å². The molecule has 0 saturated heterocycles. The molecule has 114 valence electrons. The molecule has 0 aromatic heterocycles. The van der Waals surface area contributed by atoms with Crippen molar-refractivity contribution in [2.75, 3.05) is 20.2 Å². The number of carbonyl (C=O) groups is 2. The molecule has 0 atom stereocenters. The Bertz CT molecular complexity index is 641. The van der Waals surface area contributed by atoms with Crippen molar-refractivity contribution < 1.29 is 14.3 Å². The molecule has 0 aliphatic carbocycles. The Labute approximate surface area is 129 Å². The van der Waals surface area contributed by atoms with Gasteiger partial charge in [0.1, 0.15) is 5.75 Å². The van der Waals surface area contributed by atoms with Crippen LogP contribution in [0.2, 0.25) is 0 Å². The van der Waals surface area contributed by atoms with Gasteiger partial charge in [0.2, 0.25) is 0 Å². The first-order valence-electron chi connectivity index (χ1n) is 6.96. The van der Waals surface area contributed by atoms with E-state index in [2.05, 4.69) is 10.6 Å². The third-order valence-electron chi connectivity index (χ3n) is 3.06. The number of benzene rings is 2. The summed E-state index contributed by atoms with van der Waals surface area (Å²) in [6.07, 6.45) is 0. The minimum absolute atomic E-state index is 0.156. The van der Waals surface area contributed by atoms with E-state index in [4.69, 9.17) is 4.74 Å². The fourth-order valence-corrected chi connectivity index (χ4v) is 1.91. The van der Waals surface area contributed by atoms with Crippen LogP contribution in [-0.4, -0.2) is 32.0 Å². The van der Waals surface area contributed by atoms with Gasteiger partial charge in [0.05, 0.1) is 7.11 Å². The highest BCUT2D eigenvalue weighted by Gasteiger charge is 2.07. The van der Waals surface area contributed by atoms with Crippen molar-refractivity contribution in [2.24, 2.45) is 0 Å². The molecule has 0 saturated carbocycles. The first-order chi connectivity index (χ1) is 10.7. The molecular formula is C17H18N2O3. The van der Waals surface area contributed by atoms with Gasteiger partial charge in [0, 0.05) is 24.2 Å². The summed E-state index contributed by atoms with van der Waals surface area (Å²) in [6, 6.07) is 15.8. The summed E-state index contributed by atoms with van der Waals surface area (Å²) < 4.78 is 5.07. The van der Waals surface area contributed by atoms with E-state index in [1.54, 1.807) is 55.6 Å². The van der Waals surface area contributed by atoms with Crippen molar-refractivity contribution in [3.8, 4) is 5.75 Å². The van der Waals surface area contributed by atoms with Gasteiger partial charge in [-0.2, -0.15) is 0 Å². The van der Waals surface area contributed by atoms with E-state index in [-0.39, 0.29) is 11.8 Å². The Morgan fingerprint density at radius 3 is 2.09 bits per heavy atom. The maximum absolute atomic E-state index is 11.9. The number of hydrogen-bond donors (Lipinski definition) is 2. The second-order valence-electron chi connectivity index (χ2n) is 4.61. The second-order valence-corrected chi connectivity index (χ2v) is 4.61. The molecule has 0 radical (unpaired) electrons. The summed E-state index contributed by atoms with van der Waals surface area (Å²) >= 11 is 0. The standard InChI is InChI=1S/C17H18N2O3/c1-22-15-9-5-8-14(12-15)17(21)19-11-10-18-16(20)13-6-3-2-4-7-13/h2-9,12H,10-11H2,1H3,(H,18,20)(H,19,21). The number of rotatable bonds is 6. The molecule has 0 unspecified atom stereocenters. The highest BCUT2D eigenvalue weighted by molar-refractivity contribution is 5.95. The molecule has 2 N–H and O–H groups in total. The van der Waals surface area contributed by atoms with Crippen LogP contribution in [0.5, 0.6) is 5.75 Å². The van der Waals surface area contributed by atoms with E-state index < -0.39 is 0 Å². The Morgan fingerprint density at radius 1 is 0.864 bits per heavy atom. The van der Waals surface area contributed by atoms with Crippen LogP contribution in [0.4, 0.5) is 0 Å². The fourth-order valence-electron chi connectivity index (χ4n) is 1.91.